The Morgan fingerprint density at radius 1 is 1.54 bits per heavy atom. The zero-order valence-electron chi connectivity index (χ0n) is 13.4. The average Bonchev–Trinajstić information content (AvgIpc) is 2.98. The lowest BCUT2D eigenvalue weighted by molar-refractivity contribution is 0.0954. The number of nitrogens with zero attached hydrogens (tertiary/aromatic N) is 1. The second-order valence-electron chi connectivity index (χ2n) is 5.97. The van der Waals surface area contributed by atoms with Crippen molar-refractivity contribution in [3.63, 3.8) is 0 Å². The quantitative estimate of drug-likeness (QED) is 0.777. The summed E-state index contributed by atoms with van der Waals surface area (Å²) in [5.41, 5.74) is 1.45. The van der Waals surface area contributed by atoms with E-state index in [1.165, 1.54) is 17.4 Å². The Morgan fingerprint density at radius 2 is 2.38 bits per heavy atom. The van der Waals surface area contributed by atoms with Gasteiger partial charge in [0.2, 0.25) is 0 Å². The fourth-order valence-electron chi connectivity index (χ4n) is 2.82. The smallest absolute Gasteiger partial charge is 0.263 e. The topological polar surface area (TPSA) is 74.2 Å². The number of hydrogen-bond acceptors (Lipinski definition) is 5. The molecule has 128 valence electrons. The van der Waals surface area contributed by atoms with Gasteiger partial charge >= 0.3 is 0 Å². The highest BCUT2D eigenvalue weighted by Crippen LogP contribution is 2.29. The maximum atomic E-state index is 12.5. The number of benzene rings is 1. The first-order valence-corrected chi connectivity index (χ1v) is 9.17. The van der Waals surface area contributed by atoms with Gasteiger partial charge in [0.15, 0.2) is 0 Å². The van der Waals surface area contributed by atoms with Gasteiger partial charge in [-0.15, -0.1) is 11.3 Å². The Kier molecular flexibility index (Phi) is 5.38. The van der Waals surface area contributed by atoms with Crippen LogP contribution in [0.15, 0.2) is 18.2 Å². The Balaban J connectivity index is 1.68. The number of carbonyl (C=O) groups excluding carboxylic acids is 1. The standard InChI is InChI=1S/C17H20ClN3O2S/c1-10-15(24-17(21-10)11-3-2-6-19-8-11)16(23)20-9-12-7-13(22)4-5-14(12)18/h4-5,7,11,19,22H,2-3,6,8-9H2,1H3,(H,20,23). The second kappa shape index (κ2) is 7.51. The van der Waals surface area contributed by atoms with Crippen LogP contribution in [0.2, 0.25) is 5.02 Å². The molecule has 0 aliphatic carbocycles. The largest absolute Gasteiger partial charge is 0.508 e. The maximum absolute atomic E-state index is 12.5. The first-order valence-electron chi connectivity index (χ1n) is 7.98. The molecule has 5 nitrogen and oxygen atoms in total. The third-order valence-electron chi connectivity index (χ3n) is 4.13. The number of piperidine rings is 1. The van der Waals surface area contributed by atoms with Crippen LogP contribution in [0.25, 0.3) is 0 Å². The van der Waals surface area contributed by atoms with E-state index in [2.05, 4.69) is 15.6 Å². The van der Waals surface area contributed by atoms with E-state index < -0.39 is 0 Å². The van der Waals surface area contributed by atoms with E-state index in [1.54, 1.807) is 12.1 Å². The highest BCUT2D eigenvalue weighted by atomic mass is 35.5. The molecule has 1 aromatic heterocycles. The number of phenolic OH excluding ortho intramolecular Hbond substituents is 1. The average molecular weight is 366 g/mol. The van der Waals surface area contributed by atoms with Crippen molar-refractivity contribution in [2.75, 3.05) is 13.1 Å². The van der Waals surface area contributed by atoms with E-state index in [0.29, 0.717) is 21.4 Å². The molecule has 1 unspecified atom stereocenters. The molecule has 1 fully saturated rings. The fourth-order valence-corrected chi connectivity index (χ4v) is 4.12. The van der Waals surface area contributed by atoms with Gasteiger partial charge in [0.1, 0.15) is 10.6 Å². The number of aryl methyl sites for hydroxylation is 1. The van der Waals surface area contributed by atoms with Gasteiger partial charge in [0.25, 0.3) is 5.91 Å². The van der Waals surface area contributed by atoms with Crippen molar-refractivity contribution in [3.05, 3.63) is 44.4 Å². The predicted octanol–water partition coefficient (Wildman–Crippen LogP) is 3.21. The Labute approximate surface area is 150 Å². The van der Waals surface area contributed by atoms with E-state index in [0.717, 1.165) is 36.6 Å². The van der Waals surface area contributed by atoms with Crippen molar-refractivity contribution in [1.29, 1.82) is 0 Å². The molecule has 2 aromatic rings. The zero-order chi connectivity index (χ0) is 17.1. The lowest BCUT2D eigenvalue weighted by Crippen LogP contribution is -2.28. The molecule has 3 N–H and O–H groups in total. The molecule has 0 bridgehead atoms. The predicted molar refractivity (Wildman–Crippen MR) is 96.0 cm³/mol. The van der Waals surface area contributed by atoms with Crippen molar-refractivity contribution in [3.8, 4) is 5.75 Å². The fraction of sp³-hybridized carbons (Fsp3) is 0.412. The number of amides is 1. The van der Waals surface area contributed by atoms with Gasteiger partial charge in [-0.05, 0) is 50.1 Å². The maximum Gasteiger partial charge on any atom is 0.263 e. The number of hydrogen-bond donors (Lipinski definition) is 3. The number of carbonyl (C=O) groups is 1. The molecular weight excluding hydrogens is 346 g/mol. The number of aromatic nitrogens is 1. The number of aromatic hydroxyl groups is 1. The van der Waals surface area contributed by atoms with Crippen LogP contribution in [-0.4, -0.2) is 29.1 Å². The van der Waals surface area contributed by atoms with Crippen LogP contribution in [-0.2, 0) is 6.54 Å². The van der Waals surface area contributed by atoms with E-state index in [9.17, 15) is 9.90 Å². The third kappa shape index (κ3) is 3.88. The molecular formula is C17H20ClN3O2S. The van der Waals surface area contributed by atoms with Gasteiger partial charge in [-0.25, -0.2) is 4.98 Å². The first-order chi connectivity index (χ1) is 11.5. The number of halogens is 1. The van der Waals surface area contributed by atoms with Crippen LogP contribution in [0.3, 0.4) is 0 Å². The first kappa shape index (κ1) is 17.2. The molecule has 1 aromatic carbocycles. The molecule has 1 saturated heterocycles. The summed E-state index contributed by atoms with van der Waals surface area (Å²) in [7, 11) is 0. The molecule has 0 saturated carbocycles. The van der Waals surface area contributed by atoms with Gasteiger partial charge < -0.3 is 15.7 Å². The van der Waals surface area contributed by atoms with Crippen molar-refractivity contribution in [2.45, 2.75) is 32.2 Å². The minimum Gasteiger partial charge on any atom is -0.508 e. The van der Waals surface area contributed by atoms with Crippen LogP contribution in [0.4, 0.5) is 0 Å². The molecule has 2 heterocycles. The van der Waals surface area contributed by atoms with Gasteiger partial charge in [-0.1, -0.05) is 11.6 Å². The Hall–Kier alpha value is -1.63. The highest BCUT2D eigenvalue weighted by Gasteiger charge is 2.22. The Morgan fingerprint density at radius 3 is 3.12 bits per heavy atom. The summed E-state index contributed by atoms with van der Waals surface area (Å²) in [6.07, 6.45) is 2.25. The van der Waals surface area contributed by atoms with Crippen LogP contribution < -0.4 is 10.6 Å². The Bertz CT molecular complexity index is 741. The molecule has 1 atom stereocenters. The second-order valence-corrected chi connectivity index (χ2v) is 7.41. The minimum atomic E-state index is -0.153. The summed E-state index contributed by atoms with van der Waals surface area (Å²) in [5.74, 6) is 0.369. The van der Waals surface area contributed by atoms with Crippen LogP contribution >= 0.6 is 22.9 Å². The molecule has 1 amide bonds. The van der Waals surface area contributed by atoms with Gasteiger partial charge in [0, 0.05) is 24.0 Å². The zero-order valence-corrected chi connectivity index (χ0v) is 15.0. The summed E-state index contributed by atoms with van der Waals surface area (Å²) >= 11 is 7.55. The van der Waals surface area contributed by atoms with Crippen molar-refractivity contribution >= 4 is 28.8 Å². The summed E-state index contributed by atoms with van der Waals surface area (Å²) in [6, 6.07) is 4.69. The van der Waals surface area contributed by atoms with Gasteiger partial charge in [0.05, 0.1) is 10.7 Å². The lowest BCUT2D eigenvalue weighted by atomic mass is 10.0. The molecule has 1 aliphatic rings. The van der Waals surface area contributed by atoms with E-state index in [-0.39, 0.29) is 18.2 Å². The molecule has 7 heteroatoms. The lowest BCUT2D eigenvalue weighted by Gasteiger charge is -2.20. The number of thiazole rings is 1. The number of nitrogens with one attached hydrogen (secondary N) is 2. The van der Waals surface area contributed by atoms with Crippen LogP contribution in [0, 0.1) is 6.92 Å². The third-order valence-corrected chi connectivity index (χ3v) is 5.82. The number of phenols is 1. The summed E-state index contributed by atoms with van der Waals surface area (Å²) < 4.78 is 0. The molecule has 24 heavy (non-hydrogen) atoms. The monoisotopic (exact) mass is 365 g/mol. The highest BCUT2D eigenvalue weighted by molar-refractivity contribution is 7.13. The molecule has 1 aliphatic heterocycles. The SMILES string of the molecule is Cc1nc(C2CCCNC2)sc1C(=O)NCc1cc(O)ccc1Cl. The normalized spacial score (nSPS) is 17.7. The van der Waals surface area contributed by atoms with Crippen LogP contribution in [0.1, 0.15) is 44.7 Å². The van der Waals surface area contributed by atoms with E-state index >= 15 is 0 Å². The number of rotatable bonds is 4. The van der Waals surface area contributed by atoms with Crippen molar-refractivity contribution in [2.24, 2.45) is 0 Å². The summed E-state index contributed by atoms with van der Waals surface area (Å²) in [4.78, 5) is 17.7. The molecule has 3 rings (SSSR count). The minimum absolute atomic E-state index is 0.129. The van der Waals surface area contributed by atoms with E-state index in [1.807, 2.05) is 6.92 Å². The van der Waals surface area contributed by atoms with Crippen molar-refractivity contribution in [1.82, 2.24) is 15.6 Å². The van der Waals surface area contributed by atoms with E-state index in [4.69, 9.17) is 11.6 Å². The van der Waals surface area contributed by atoms with Gasteiger partial charge in [-0.2, -0.15) is 0 Å². The van der Waals surface area contributed by atoms with Gasteiger partial charge in [-0.3, -0.25) is 4.79 Å². The van der Waals surface area contributed by atoms with Crippen molar-refractivity contribution < 1.29 is 9.90 Å². The molecule has 0 radical (unpaired) electrons. The summed E-state index contributed by atoms with van der Waals surface area (Å²) in [5, 5.41) is 17.3. The van der Waals surface area contributed by atoms with Crippen LogP contribution in [0.5, 0.6) is 5.75 Å². The molecule has 0 spiro atoms. The summed E-state index contributed by atoms with van der Waals surface area (Å²) in [6.45, 7) is 4.11.